The van der Waals surface area contributed by atoms with Gasteiger partial charge in [-0.25, -0.2) is 0 Å². The maximum absolute atomic E-state index is 12.7. The van der Waals surface area contributed by atoms with Gasteiger partial charge in [0, 0.05) is 18.8 Å². The first-order chi connectivity index (χ1) is 9.70. The number of pyridine rings is 1. The second-order valence-electron chi connectivity index (χ2n) is 5.19. The van der Waals surface area contributed by atoms with Crippen LogP contribution < -0.4 is 10.3 Å². The van der Waals surface area contributed by atoms with Crippen LogP contribution in [0.3, 0.4) is 0 Å². The number of morpholine rings is 1. The zero-order valence-electron chi connectivity index (χ0n) is 11.4. The minimum absolute atomic E-state index is 0.0988. The third-order valence-corrected chi connectivity index (χ3v) is 4.08. The number of amides is 1. The number of nitrogens with zero attached hydrogens (tertiary/aromatic N) is 1. The average Bonchev–Trinajstić information content (AvgIpc) is 2.94. The van der Waals surface area contributed by atoms with E-state index in [0.717, 1.165) is 19.3 Å². The molecule has 0 unspecified atom stereocenters. The zero-order valence-corrected chi connectivity index (χ0v) is 11.4. The zero-order chi connectivity index (χ0) is 14.1. The first-order valence-electron chi connectivity index (χ1n) is 6.90. The van der Waals surface area contributed by atoms with Crippen LogP contribution in [0, 0.1) is 0 Å². The van der Waals surface area contributed by atoms with E-state index >= 15 is 0 Å². The van der Waals surface area contributed by atoms with E-state index in [-0.39, 0.29) is 23.6 Å². The van der Waals surface area contributed by atoms with E-state index in [1.807, 2.05) is 4.90 Å². The monoisotopic (exact) mass is 278 g/mol. The number of nitrogens with one attached hydrogen (secondary N) is 1. The highest BCUT2D eigenvalue weighted by atomic mass is 16.5. The van der Waals surface area contributed by atoms with Crippen molar-refractivity contribution in [1.82, 2.24) is 9.88 Å². The molecule has 0 bridgehead atoms. The molecule has 0 radical (unpaired) electrons. The van der Waals surface area contributed by atoms with Crippen LogP contribution in [0.2, 0.25) is 0 Å². The van der Waals surface area contributed by atoms with Crippen molar-refractivity contribution >= 4 is 5.91 Å². The van der Waals surface area contributed by atoms with E-state index in [1.54, 1.807) is 0 Å². The van der Waals surface area contributed by atoms with E-state index < -0.39 is 0 Å². The van der Waals surface area contributed by atoms with Gasteiger partial charge in [-0.15, -0.1) is 0 Å². The lowest BCUT2D eigenvalue weighted by Gasteiger charge is -2.37. The fourth-order valence-electron chi connectivity index (χ4n) is 3.12. The van der Waals surface area contributed by atoms with Crippen molar-refractivity contribution in [3.63, 3.8) is 0 Å². The molecule has 1 aliphatic heterocycles. The third-order valence-electron chi connectivity index (χ3n) is 4.08. The second-order valence-corrected chi connectivity index (χ2v) is 5.19. The highest BCUT2D eigenvalue weighted by Crippen LogP contribution is 2.31. The number of hydrogen-bond acceptors (Lipinski definition) is 4. The van der Waals surface area contributed by atoms with Gasteiger partial charge in [-0.3, -0.25) is 9.59 Å². The molecule has 6 nitrogen and oxygen atoms in total. The van der Waals surface area contributed by atoms with Crippen molar-refractivity contribution in [2.75, 3.05) is 20.3 Å². The van der Waals surface area contributed by atoms with Crippen LogP contribution in [0.5, 0.6) is 5.75 Å². The van der Waals surface area contributed by atoms with E-state index in [0.29, 0.717) is 24.5 Å². The lowest BCUT2D eigenvalue weighted by molar-refractivity contribution is -0.0446. The summed E-state index contributed by atoms with van der Waals surface area (Å²) < 4.78 is 10.9. The normalized spacial score (nSPS) is 25.4. The minimum atomic E-state index is -0.279. The molecule has 3 rings (SSSR count). The number of carbonyl (C=O) groups is 1. The summed E-state index contributed by atoms with van der Waals surface area (Å²) in [6.45, 7) is 1.15. The summed E-state index contributed by atoms with van der Waals surface area (Å²) >= 11 is 0. The first-order valence-corrected chi connectivity index (χ1v) is 6.90. The molecule has 1 amide bonds. The summed E-state index contributed by atoms with van der Waals surface area (Å²) in [7, 11) is 1.46. The molecule has 1 aromatic rings. The number of carbonyl (C=O) groups excluding carboxylic acids is 1. The molecule has 2 atom stereocenters. The maximum Gasteiger partial charge on any atom is 0.259 e. The number of methoxy groups -OCH3 is 1. The first kappa shape index (κ1) is 13.2. The average molecular weight is 278 g/mol. The van der Waals surface area contributed by atoms with Crippen molar-refractivity contribution in [3.05, 3.63) is 28.2 Å². The standard InChI is InChI=1S/C14H18N2O4/c1-19-12-7-13(17)15-8-9(12)14(18)16-5-6-20-11-4-2-3-10(11)16/h7-8,10-11H,2-6H2,1H3,(H,15,17)/t10-,11+/m1/s1. The summed E-state index contributed by atoms with van der Waals surface area (Å²) in [5.74, 6) is 0.220. The summed E-state index contributed by atoms with van der Waals surface area (Å²) in [5.41, 5.74) is 0.124. The van der Waals surface area contributed by atoms with Crippen molar-refractivity contribution in [2.24, 2.45) is 0 Å². The van der Waals surface area contributed by atoms with Gasteiger partial charge >= 0.3 is 0 Å². The van der Waals surface area contributed by atoms with Gasteiger partial charge in [0.1, 0.15) is 5.75 Å². The molecular formula is C14H18N2O4. The van der Waals surface area contributed by atoms with E-state index in [2.05, 4.69) is 4.98 Å². The lowest BCUT2D eigenvalue weighted by Crippen LogP contribution is -2.51. The summed E-state index contributed by atoms with van der Waals surface area (Å²) in [5, 5.41) is 0. The van der Waals surface area contributed by atoms with Gasteiger partial charge in [0.15, 0.2) is 0 Å². The van der Waals surface area contributed by atoms with Gasteiger partial charge in [0.2, 0.25) is 0 Å². The fraction of sp³-hybridized carbons (Fsp3) is 0.571. The molecule has 20 heavy (non-hydrogen) atoms. The van der Waals surface area contributed by atoms with Gasteiger partial charge in [-0.05, 0) is 19.3 Å². The molecule has 2 aliphatic rings. The molecule has 1 saturated heterocycles. The Morgan fingerprint density at radius 3 is 3.15 bits per heavy atom. The van der Waals surface area contributed by atoms with Crippen LogP contribution in [-0.4, -0.2) is 48.2 Å². The molecule has 1 N–H and O–H groups in total. The topological polar surface area (TPSA) is 71.6 Å². The predicted molar refractivity (Wildman–Crippen MR) is 72.0 cm³/mol. The Balaban J connectivity index is 1.90. The van der Waals surface area contributed by atoms with E-state index in [9.17, 15) is 9.59 Å². The van der Waals surface area contributed by atoms with Crippen molar-refractivity contribution in [1.29, 1.82) is 0 Å². The number of aromatic nitrogens is 1. The molecule has 1 saturated carbocycles. The Morgan fingerprint density at radius 2 is 2.35 bits per heavy atom. The molecule has 0 spiro atoms. The van der Waals surface area contributed by atoms with Crippen molar-refractivity contribution < 1.29 is 14.3 Å². The highest BCUT2D eigenvalue weighted by Gasteiger charge is 2.39. The van der Waals surface area contributed by atoms with Crippen LogP contribution in [0.25, 0.3) is 0 Å². The predicted octanol–water partition coefficient (Wildman–Crippen LogP) is 0.777. The highest BCUT2D eigenvalue weighted by molar-refractivity contribution is 5.96. The number of aromatic amines is 1. The van der Waals surface area contributed by atoms with Crippen LogP contribution in [0.1, 0.15) is 29.6 Å². The Morgan fingerprint density at radius 1 is 1.50 bits per heavy atom. The number of fused-ring (bicyclic) bond motifs is 1. The third kappa shape index (κ3) is 2.20. The molecule has 108 valence electrons. The number of H-pyrrole nitrogens is 1. The number of hydrogen-bond donors (Lipinski definition) is 1. The Kier molecular flexibility index (Phi) is 3.48. The summed E-state index contributed by atoms with van der Waals surface area (Å²) in [4.78, 5) is 28.4. The van der Waals surface area contributed by atoms with E-state index in [4.69, 9.17) is 9.47 Å². The van der Waals surface area contributed by atoms with Gasteiger partial charge in [-0.1, -0.05) is 0 Å². The van der Waals surface area contributed by atoms with Crippen LogP contribution in [-0.2, 0) is 4.74 Å². The molecule has 1 aromatic heterocycles. The lowest BCUT2D eigenvalue weighted by atomic mass is 10.1. The Hall–Kier alpha value is -1.82. The van der Waals surface area contributed by atoms with Crippen molar-refractivity contribution in [3.8, 4) is 5.75 Å². The molecule has 2 fully saturated rings. The molecular weight excluding hydrogens is 260 g/mol. The van der Waals surface area contributed by atoms with Gasteiger partial charge in [0.25, 0.3) is 11.5 Å². The SMILES string of the molecule is COc1cc(=O)[nH]cc1C(=O)N1CCO[C@H]2CCC[C@H]21. The minimum Gasteiger partial charge on any atom is -0.496 e. The number of ether oxygens (including phenoxy) is 2. The summed E-state index contributed by atoms with van der Waals surface area (Å²) in [6.07, 6.45) is 4.66. The van der Waals surface area contributed by atoms with Gasteiger partial charge < -0.3 is 19.4 Å². The Bertz CT molecular complexity index is 569. The number of rotatable bonds is 2. The van der Waals surface area contributed by atoms with Gasteiger partial charge in [-0.2, -0.15) is 0 Å². The molecule has 0 aromatic carbocycles. The summed E-state index contributed by atoms with van der Waals surface area (Å²) in [6, 6.07) is 1.45. The van der Waals surface area contributed by atoms with Crippen LogP contribution in [0.4, 0.5) is 0 Å². The second kappa shape index (κ2) is 5.28. The fourth-order valence-corrected chi connectivity index (χ4v) is 3.12. The maximum atomic E-state index is 12.7. The molecule has 2 heterocycles. The van der Waals surface area contributed by atoms with Crippen LogP contribution in [0.15, 0.2) is 17.1 Å². The largest absolute Gasteiger partial charge is 0.496 e. The smallest absolute Gasteiger partial charge is 0.259 e. The van der Waals surface area contributed by atoms with Crippen molar-refractivity contribution in [2.45, 2.75) is 31.4 Å². The molecule has 6 heteroatoms. The molecule has 1 aliphatic carbocycles. The Labute approximate surface area is 116 Å². The quantitative estimate of drug-likeness (QED) is 0.867. The van der Waals surface area contributed by atoms with E-state index in [1.165, 1.54) is 19.4 Å². The van der Waals surface area contributed by atoms with Crippen LogP contribution >= 0.6 is 0 Å². The van der Waals surface area contributed by atoms with Gasteiger partial charge in [0.05, 0.1) is 31.4 Å².